The van der Waals surface area contributed by atoms with Gasteiger partial charge in [0.25, 0.3) is 11.1 Å². The molecule has 5 nitrogen and oxygen atoms in total. The molecule has 0 radical (unpaired) electrons. The molecular weight excluding hydrogens is 350 g/mol. The lowest BCUT2D eigenvalue weighted by Crippen LogP contribution is -2.27. The molecule has 24 heavy (non-hydrogen) atoms. The van der Waals surface area contributed by atoms with Crippen LogP contribution in [0.1, 0.15) is 11.1 Å². The second-order valence-corrected chi connectivity index (χ2v) is 6.57. The molecule has 2 aromatic carbocycles. The average molecular weight is 362 g/mol. The number of hydrogen-bond donors (Lipinski definition) is 2. The second-order valence-electron chi connectivity index (χ2n) is 5.14. The smallest absolute Gasteiger partial charge is 0.293 e. The van der Waals surface area contributed by atoms with Crippen molar-refractivity contribution in [1.82, 2.24) is 4.90 Å². The van der Waals surface area contributed by atoms with Crippen LogP contribution in [0.25, 0.3) is 6.08 Å². The van der Waals surface area contributed by atoms with Crippen molar-refractivity contribution < 1.29 is 19.8 Å². The first-order chi connectivity index (χ1) is 11.4. The standard InChI is InChI=1S/C17H12ClNO4S/c18-12-4-1-10(2-5-12)9-19-16(22)15(24-17(19)23)8-11-3-6-13(20)14(21)7-11/h1-8,20-21H,9H2/b15-8+. The maximum absolute atomic E-state index is 12.4. The Kier molecular flexibility index (Phi) is 4.51. The van der Waals surface area contributed by atoms with E-state index in [1.165, 1.54) is 18.2 Å². The summed E-state index contributed by atoms with van der Waals surface area (Å²) >= 11 is 6.66. The summed E-state index contributed by atoms with van der Waals surface area (Å²) in [6.45, 7) is 0.167. The lowest BCUT2D eigenvalue weighted by atomic mass is 10.2. The minimum absolute atomic E-state index is 0.167. The normalized spacial score (nSPS) is 16.2. The van der Waals surface area contributed by atoms with Gasteiger partial charge in [-0.05, 0) is 53.2 Å². The fourth-order valence-electron chi connectivity index (χ4n) is 2.19. The molecule has 0 unspecified atom stereocenters. The van der Waals surface area contributed by atoms with Gasteiger partial charge in [0.2, 0.25) is 0 Å². The van der Waals surface area contributed by atoms with Gasteiger partial charge in [-0.3, -0.25) is 14.5 Å². The molecule has 2 N–H and O–H groups in total. The molecule has 0 aromatic heterocycles. The Morgan fingerprint density at radius 1 is 1.04 bits per heavy atom. The summed E-state index contributed by atoms with van der Waals surface area (Å²) in [5.41, 5.74) is 1.31. The molecule has 0 spiro atoms. The number of thioether (sulfide) groups is 1. The van der Waals surface area contributed by atoms with Crippen molar-refractivity contribution in [2.75, 3.05) is 0 Å². The minimum atomic E-state index is -0.396. The largest absolute Gasteiger partial charge is 0.504 e. The summed E-state index contributed by atoms with van der Waals surface area (Å²) in [7, 11) is 0. The number of phenolic OH excluding ortho intramolecular Hbond substituents is 2. The van der Waals surface area contributed by atoms with Crippen LogP contribution in [-0.2, 0) is 11.3 Å². The van der Waals surface area contributed by atoms with E-state index in [1.807, 2.05) is 0 Å². The van der Waals surface area contributed by atoms with E-state index < -0.39 is 5.91 Å². The van der Waals surface area contributed by atoms with Crippen molar-refractivity contribution in [2.45, 2.75) is 6.54 Å². The first kappa shape index (κ1) is 16.4. The maximum Gasteiger partial charge on any atom is 0.293 e. The van der Waals surface area contributed by atoms with Crippen LogP contribution in [0.3, 0.4) is 0 Å². The number of carbonyl (C=O) groups excluding carboxylic acids is 2. The fraction of sp³-hybridized carbons (Fsp3) is 0.0588. The van der Waals surface area contributed by atoms with E-state index >= 15 is 0 Å². The van der Waals surface area contributed by atoms with Crippen molar-refractivity contribution in [3.8, 4) is 11.5 Å². The van der Waals surface area contributed by atoms with Crippen LogP contribution >= 0.6 is 23.4 Å². The Bertz CT molecular complexity index is 848. The molecule has 0 bridgehead atoms. The Hall–Kier alpha value is -2.44. The van der Waals surface area contributed by atoms with E-state index in [-0.39, 0.29) is 28.2 Å². The van der Waals surface area contributed by atoms with Gasteiger partial charge < -0.3 is 10.2 Å². The van der Waals surface area contributed by atoms with Crippen LogP contribution in [0.5, 0.6) is 11.5 Å². The predicted octanol–water partition coefficient (Wildman–Crippen LogP) is 3.99. The number of amides is 2. The summed E-state index contributed by atoms with van der Waals surface area (Å²) in [5, 5.41) is 19.0. The van der Waals surface area contributed by atoms with E-state index in [9.17, 15) is 19.8 Å². The van der Waals surface area contributed by atoms with E-state index in [4.69, 9.17) is 11.6 Å². The van der Waals surface area contributed by atoms with Crippen molar-refractivity contribution in [2.24, 2.45) is 0 Å². The lowest BCUT2D eigenvalue weighted by Gasteiger charge is -2.12. The highest BCUT2D eigenvalue weighted by molar-refractivity contribution is 8.18. The molecule has 3 rings (SSSR count). The molecule has 2 amide bonds. The molecule has 7 heteroatoms. The number of halogens is 1. The fourth-order valence-corrected chi connectivity index (χ4v) is 3.15. The predicted molar refractivity (Wildman–Crippen MR) is 92.7 cm³/mol. The Morgan fingerprint density at radius 3 is 2.42 bits per heavy atom. The first-order valence-corrected chi connectivity index (χ1v) is 8.15. The van der Waals surface area contributed by atoms with Crippen LogP contribution in [0, 0.1) is 0 Å². The molecular formula is C17H12ClNO4S. The number of aromatic hydroxyl groups is 2. The Balaban J connectivity index is 1.81. The van der Waals surface area contributed by atoms with Crippen LogP contribution in [0.15, 0.2) is 47.4 Å². The molecule has 1 saturated heterocycles. The molecule has 2 aromatic rings. The summed E-state index contributed by atoms with van der Waals surface area (Å²) in [6, 6.07) is 11.1. The van der Waals surface area contributed by atoms with Gasteiger partial charge in [-0.2, -0.15) is 0 Å². The first-order valence-electron chi connectivity index (χ1n) is 6.96. The van der Waals surface area contributed by atoms with Crippen LogP contribution in [-0.4, -0.2) is 26.3 Å². The number of rotatable bonds is 3. The van der Waals surface area contributed by atoms with Crippen molar-refractivity contribution in [3.05, 3.63) is 63.5 Å². The highest BCUT2D eigenvalue weighted by Crippen LogP contribution is 2.34. The average Bonchev–Trinajstić information content (AvgIpc) is 2.80. The van der Waals surface area contributed by atoms with E-state index in [0.717, 1.165) is 22.2 Å². The van der Waals surface area contributed by atoms with E-state index in [0.29, 0.717) is 10.6 Å². The highest BCUT2D eigenvalue weighted by Gasteiger charge is 2.34. The third-order valence-electron chi connectivity index (χ3n) is 3.42. The van der Waals surface area contributed by atoms with Gasteiger partial charge >= 0.3 is 0 Å². The van der Waals surface area contributed by atoms with Gasteiger partial charge in [-0.15, -0.1) is 0 Å². The molecule has 1 fully saturated rings. The summed E-state index contributed by atoms with van der Waals surface area (Å²) < 4.78 is 0. The summed E-state index contributed by atoms with van der Waals surface area (Å²) in [6.07, 6.45) is 1.51. The maximum atomic E-state index is 12.4. The number of nitrogens with zero attached hydrogens (tertiary/aromatic N) is 1. The van der Waals surface area contributed by atoms with Crippen LogP contribution < -0.4 is 0 Å². The van der Waals surface area contributed by atoms with Gasteiger partial charge in [0.15, 0.2) is 11.5 Å². The monoisotopic (exact) mass is 361 g/mol. The van der Waals surface area contributed by atoms with Gasteiger partial charge in [-0.1, -0.05) is 29.8 Å². The van der Waals surface area contributed by atoms with Crippen molar-refractivity contribution in [3.63, 3.8) is 0 Å². The van der Waals surface area contributed by atoms with Gasteiger partial charge in [0.05, 0.1) is 11.4 Å². The number of imide groups is 1. The molecule has 0 aliphatic carbocycles. The number of hydrogen-bond acceptors (Lipinski definition) is 5. The van der Waals surface area contributed by atoms with E-state index in [2.05, 4.69) is 0 Å². The minimum Gasteiger partial charge on any atom is -0.504 e. The lowest BCUT2D eigenvalue weighted by molar-refractivity contribution is -0.123. The molecule has 1 aliphatic rings. The van der Waals surface area contributed by atoms with E-state index in [1.54, 1.807) is 30.3 Å². The topological polar surface area (TPSA) is 77.8 Å². The van der Waals surface area contributed by atoms with Gasteiger partial charge in [0, 0.05) is 5.02 Å². The zero-order valence-corrected chi connectivity index (χ0v) is 13.8. The van der Waals surface area contributed by atoms with Gasteiger partial charge in [-0.25, -0.2) is 0 Å². The number of carbonyl (C=O) groups is 2. The zero-order chi connectivity index (χ0) is 17.3. The van der Waals surface area contributed by atoms with Crippen molar-refractivity contribution in [1.29, 1.82) is 0 Å². The third-order valence-corrected chi connectivity index (χ3v) is 4.58. The van der Waals surface area contributed by atoms with Crippen LogP contribution in [0.2, 0.25) is 5.02 Å². The number of phenols is 2. The summed E-state index contributed by atoms with van der Waals surface area (Å²) in [5.74, 6) is -0.931. The molecule has 1 aliphatic heterocycles. The number of benzene rings is 2. The molecule has 1 heterocycles. The van der Waals surface area contributed by atoms with Gasteiger partial charge in [0.1, 0.15) is 0 Å². The zero-order valence-electron chi connectivity index (χ0n) is 12.3. The van der Waals surface area contributed by atoms with Crippen LogP contribution in [0.4, 0.5) is 4.79 Å². The molecule has 0 saturated carbocycles. The van der Waals surface area contributed by atoms with Crippen molar-refractivity contribution >= 4 is 40.6 Å². The quantitative estimate of drug-likeness (QED) is 0.638. The Morgan fingerprint density at radius 2 is 1.75 bits per heavy atom. The SMILES string of the molecule is O=C1S/C(=C/c2ccc(O)c(O)c2)C(=O)N1Cc1ccc(Cl)cc1. The second kappa shape index (κ2) is 6.59. The third kappa shape index (κ3) is 3.39. The molecule has 0 atom stereocenters. The molecule has 122 valence electrons. The summed E-state index contributed by atoms with van der Waals surface area (Å²) in [4.78, 5) is 25.9. The Labute approximate surface area is 147 Å². The highest BCUT2D eigenvalue weighted by atomic mass is 35.5.